The number of hydrogen-bond acceptors (Lipinski definition) is 8. The first kappa shape index (κ1) is 20.5. The highest BCUT2D eigenvalue weighted by atomic mass is 32.2. The van der Waals surface area contributed by atoms with Crippen molar-refractivity contribution < 1.29 is 9.34 Å². The summed E-state index contributed by atoms with van der Waals surface area (Å²) in [5.74, 6) is 0.838. The van der Waals surface area contributed by atoms with Crippen LogP contribution in [0.4, 0.5) is 5.69 Å². The van der Waals surface area contributed by atoms with Crippen LogP contribution in [0.1, 0.15) is 6.42 Å². The normalized spacial score (nSPS) is 11.1. The number of thioether (sulfide) groups is 1. The Hall–Kier alpha value is -3.73. The van der Waals surface area contributed by atoms with Crippen LogP contribution in [0.25, 0.3) is 22.5 Å². The average molecular weight is 438 g/mol. The van der Waals surface area contributed by atoms with Gasteiger partial charge in [-0.1, -0.05) is 17.8 Å². The molecule has 0 aliphatic heterocycles. The van der Waals surface area contributed by atoms with Crippen molar-refractivity contribution in [1.82, 2.24) is 24.3 Å². The Morgan fingerprint density at radius 1 is 1.26 bits per heavy atom. The summed E-state index contributed by atoms with van der Waals surface area (Å²) in [6, 6.07) is 7.87. The summed E-state index contributed by atoms with van der Waals surface area (Å²) in [6.07, 6.45) is 5.83. The lowest BCUT2D eigenvalue weighted by molar-refractivity contribution is -0.384. The van der Waals surface area contributed by atoms with E-state index in [4.69, 9.17) is 4.42 Å². The van der Waals surface area contributed by atoms with Gasteiger partial charge < -0.3 is 4.42 Å². The average Bonchev–Trinajstić information content (AvgIpc) is 3.31. The number of nitro groups is 1. The van der Waals surface area contributed by atoms with Crippen molar-refractivity contribution in [3.05, 3.63) is 76.0 Å². The van der Waals surface area contributed by atoms with Crippen LogP contribution in [0.15, 0.2) is 69.7 Å². The molecule has 0 bridgehead atoms. The zero-order valence-corrected chi connectivity index (χ0v) is 17.2. The summed E-state index contributed by atoms with van der Waals surface area (Å²) in [5.41, 5.74) is 1.52. The summed E-state index contributed by atoms with van der Waals surface area (Å²) < 4.78 is 8.56. The van der Waals surface area contributed by atoms with E-state index in [0.29, 0.717) is 42.2 Å². The van der Waals surface area contributed by atoms with E-state index in [9.17, 15) is 14.9 Å². The van der Waals surface area contributed by atoms with Crippen LogP contribution in [0.3, 0.4) is 0 Å². The fourth-order valence-corrected chi connectivity index (χ4v) is 4.03. The number of rotatable bonds is 9. The fraction of sp³-hybridized carbons (Fsp3) is 0.200. The lowest BCUT2D eigenvalue weighted by Crippen LogP contribution is -2.14. The SMILES string of the molecule is C=CCn1c(SCCCn2c(=O)oc3ccc([N+](=O)[O-])cc32)nnc1-c1cccnc1. The van der Waals surface area contributed by atoms with E-state index in [1.165, 1.54) is 34.5 Å². The van der Waals surface area contributed by atoms with E-state index in [0.717, 1.165) is 10.7 Å². The zero-order valence-electron chi connectivity index (χ0n) is 16.4. The standard InChI is InChI=1S/C20H18N6O4S/c1-2-9-25-18(14-5-3-8-21-13-14)22-23-19(25)31-11-4-10-24-16-12-15(26(28)29)6-7-17(16)30-20(24)27/h2-3,5-8,12-13H,1,4,9-11H2. The lowest BCUT2D eigenvalue weighted by Gasteiger charge is -2.07. The second-order valence-electron chi connectivity index (χ2n) is 6.58. The molecule has 31 heavy (non-hydrogen) atoms. The summed E-state index contributed by atoms with van der Waals surface area (Å²) in [5, 5.41) is 20.3. The number of allylic oxidation sites excluding steroid dienone is 1. The fourth-order valence-electron chi connectivity index (χ4n) is 3.16. The zero-order chi connectivity index (χ0) is 21.8. The van der Waals surface area contributed by atoms with E-state index < -0.39 is 10.7 Å². The molecule has 0 N–H and O–H groups in total. The molecule has 11 heteroatoms. The predicted octanol–water partition coefficient (Wildman–Crippen LogP) is 3.52. The summed E-state index contributed by atoms with van der Waals surface area (Å²) in [6.45, 7) is 4.72. The van der Waals surface area contributed by atoms with Crippen molar-refractivity contribution in [3.8, 4) is 11.4 Å². The van der Waals surface area contributed by atoms with Crippen molar-refractivity contribution >= 4 is 28.5 Å². The minimum atomic E-state index is -0.533. The molecule has 0 atom stereocenters. The van der Waals surface area contributed by atoms with E-state index in [1.54, 1.807) is 18.5 Å². The summed E-state index contributed by atoms with van der Waals surface area (Å²) in [7, 11) is 0. The highest BCUT2D eigenvalue weighted by Gasteiger charge is 2.16. The van der Waals surface area contributed by atoms with Gasteiger partial charge in [-0.05, 0) is 24.6 Å². The number of nitrogens with zero attached hydrogens (tertiary/aromatic N) is 6. The smallest absolute Gasteiger partial charge is 0.408 e. The first-order chi connectivity index (χ1) is 15.1. The third-order valence-electron chi connectivity index (χ3n) is 4.57. The van der Waals surface area contributed by atoms with Crippen molar-refractivity contribution in [3.63, 3.8) is 0 Å². The maximum Gasteiger partial charge on any atom is 0.419 e. The van der Waals surface area contributed by atoms with E-state index in [1.807, 2.05) is 16.7 Å². The molecule has 4 aromatic rings. The first-order valence-corrected chi connectivity index (χ1v) is 10.4. The Morgan fingerprint density at radius 2 is 2.13 bits per heavy atom. The molecule has 4 rings (SSSR count). The van der Waals surface area contributed by atoms with Crippen molar-refractivity contribution in [2.45, 2.75) is 24.7 Å². The van der Waals surface area contributed by atoms with Crippen LogP contribution < -0.4 is 5.76 Å². The van der Waals surface area contributed by atoms with Gasteiger partial charge >= 0.3 is 5.76 Å². The number of benzene rings is 1. The van der Waals surface area contributed by atoms with Crippen LogP contribution in [0.2, 0.25) is 0 Å². The maximum atomic E-state index is 12.2. The second kappa shape index (κ2) is 8.96. The van der Waals surface area contributed by atoms with Gasteiger partial charge in [-0.2, -0.15) is 0 Å². The Morgan fingerprint density at radius 3 is 2.87 bits per heavy atom. The quantitative estimate of drug-likeness (QED) is 0.128. The van der Waals surface area contributed by atoms with E-state index in [-0.39, 0.29) is 5.69 Å². The first-order valence-electron chi connectivity index (χ1n) is 9.43. The lowest BCUT2D eigenvalue weighted by atomic mass is 10.3. The molecule has 0 amide bonds. The molecule has 158 valence electrons. The number of non-ortho nitro benzene ring substituents is 1. The van der Waals surface area contributed by atoms with Gasteiger partial charge in [-0.3, -0.25) is 24.2 Å². The molecule has 0 saturated heterocycles. The number of pyridine rings is 1. The van der Waals surface area contributed by atoms with E-state index in [2.05, 4.69) is 21.8 Å². The highest BCUT2D eigenvalue weighted by molar-refractivity contribution is 7.99. The van der Waals surface area contributed by atoms with Crippen LogP contribution in [0.5, 0.6) is 0 Å². The molecule has 0 saturated carbocycles. The second-order valence-corrected chi connectivity index (χ2v) is 7.64. The summed E-state index contributed by atoms with van der Waals surface area (Å²) >= 11 is 1.51. The van der Waals surface area contributed by atoms with Gasteiger partial charge in [0.15, 0.2) is 16.6 Å². The molecule has 0 fully saturated rings. The van der Waals surface area contributed by atoms with E-state index >= 15 is 0 Å². The molecular weight excluding hydrogens is 420 g/mol. The molecule has 0 unspecified atom stereocenters. The molecule has 0 aliphatic rings. The van der Waals surface area contributed by atoms with Gasteiger partial charge in [-0.15, -0.1) is 16.8 Å². The number of nitro benzene ring substituents is 1. The molecule has 0 radical (unpaired) electrons. The van der Waals surface area contributed by atoms with Crippen LogP contribution >= 0.6 is 11.8 Å². The monoisotopic (exact) mass is 438 g/mol. The Kier molecular flexibility index (Phi) is 5.94. The van der Waals surface area contributed by atoms with Crippen LogP contribution in [-0.4, -0.2) is 35.0 Å². The number of aromatic nitrogens is 5. The number of aryl methyl sites for hydroxylation is 1. The minimum absolute atomic E-state index is 0.0862. The Balaban J connectivity index is 1.47. The van der Waals surface area contributed by atoms with Crippen molar-refractivity contribution in [2.75, 3.05) is 5.75 Å². The van der Waals surface area contributed by atoms with Gasteiger partial charge in [0, 0.05) is 48.9 Å². The number of oxazole rings is 1. The molecule has 10 nitrogen and oxygen atoms in total. The number of fused-ring (bicyclic) bond motifs is 1. The molecule has 0 spiro atoms. The third-order valence-corrected chi connectivity index (χ3v) is 5.62. The largest absolute Gasteiger partial charge is 0.419 e. The predicted molar refractivity (Wildman–Crippen MR) is 116 cm³/mol. The third kappa shape index (κ3) is 4.26. The van der Waals surface area contributed by atoms with Crippen molar-refractivity contribution in [2.24, 2.45) is 0 Å². The molecule has 1 aromatic carbocycles. The number of hydrogen-bond donors (Lipinski definition) is 0. The Bertz CT molecular complexity index is 1290. The van der Waals surface area contributed by atoms with Crippen molar-refractivity contribution in [1.29, 1.82) is 0 Å². The minimum Gasteiger partial charge on any atom is -0.408 e. The van der Waals surface area contributed by atoms with Gasteiger partial charge in [0.1, 0.15) is 0 Å². The molecule has 0 aliphatic carbocycles. The maximum absolute atomic E-state index is 12.2. The van der Waals surface area contributed by atoms with Gasteiger partial charge in [0.2, 0.25) is 0 Å². The van der Waals surface area contributed by atoms with Crippen LogP contribution in [-0.2, 0) is 13.1 Å². The summed E-state index contributed by atoms with van der Waals surface area (Å²) in [4.78, 5) is 26.8. The topological polar surface area (TPSA) is 122 Å². The Labute approximate surface area is 180 Å². The van der Waals surface area contributed by atoms with Gasteiger partial charge in [0.05, 0.1) is 10.4 Å². The molecular formula is C20H18N6O4S. The molecule has 3 heterocycles. The highest BCUT2D eigenvalue weighted by Crippen LogP contribution is 2.25. The van der Waals surface area contributed by atoms with Crippen LogP contribution in [0, 0.1) is 10.1 Å². The van der Waals surface area contributed by atoms with Gasteiger partial charge in [0.25, 0.3) is 5.69 Å². The molecule has 3 aromatic heterocycles. The van der Waals surface area contributed by atoms with Gasteiger partial charge in [-0.25, -0.2) is 4.79 Å².